The van der Waals surface area contributed by atoms with Gasteiger partial charge in [-0.1, -0.05) is 18.2 Å². The SMILES string of the molecule is CC(c1nnc(-c2ccc([N+](=O)[O-])cc2)o1)n1nc(C(=O)O)c2ccccc2c1=O. The predicted molar refractivity (Wildman–Crippen MR) is 103 cm³/mol. The summed E-state index contributed by atoms with van der Waals surface area (Å²) in [6, 6.07) is 11.0. The van der Waals surface area contributed by atoms with Gasteiger partial charge in [-0.2, -0.15) is 5.10 Å². The highest BCUT2D eigenvalue weighted by molar-refractivity contribution is 6.01. The monoisotopic (exact) mass is 407 g/mol. The Bertz CT molecular complexity index is 1340. The van der Waals surface area contributed by atoms with E-state index in [2.05, 4.69) is 15.3 Å². The van der Waals surface area contributed by atoms with Crippen molar-refractivity contribution in [2.75, 3.05) is 0 Å². The summed E-state index contributed by atoms with van der Waals surface area (Å²) in [5.74, 6) is -1.15. The summed E-state index contributed by atoms with van der Waals surface area (Å²) in [6.45, 7) is 1.57. The van der Waals surface area contributed by atoms with Crippen LogP contribution in [0.25, 0.3) is 22.2 Å². The maximum atomic E-state index is 12.8. The molecule has 11 nitrogen and oxygen atoms in total. The molecule has 1 unspecified atom stereocenters. The normalized spacial score (nSPS) is 12.0. The van der Waals surface area contributed by atoms with Crippen molar-refractivity contribution in [3.8, 4) is 11.5 Å². The van der Waals surface area contributed by atoms with Crippen molar-refractivity contribution in [2.45, 2.75) is 13.0 Å². The van der Waals surface area contributed by atoms with E-state index in [4.69, 9.17) is 4.42 Å². The lowest BCUT2D eigenvalue weighted by molar-refractivity contribution is -0.384. The van der Waals surface area contributed by atoms with Crippen LogP contribution in [-0.2, 0) is 0 Å². The number of carboxylic acids is 1. The zero-order valence-electron chi connectivity index (χ0n) is 15.4. The molecule has 0 spiro atoms. The summed E-state index contributed by atoms with van der Waals surface area (Å²) in [5, 5.41) is 32.5. The zero-order chi connectivity index (χ0) is 21.4. The van der Waals surface area contributed by atoms with Gasteiger partial charge in [0.1, 0.15) is 6.04 Å². The first-order valence-corrected chi connectivity index (χ1v) is 8.70. The molecule has 150 valence electrons. The molecule has 30 heavy (non-hydrogen) atoms. The van der Waals surface area contributed by atoms with Crippen molar-refractivity contribution in [3.05, 3.63) is 80.6 Å². The second kappa shape index (κ2) is 7.20. The molecule has 0 aliphatic heterocycles. The van der Waals surface area contributed by atoms with Gasteiger partial charge in [0, 0.05) is 23.1 Å². The molecule has 11 heteroatoms. The average Bonchev–Trinajstić information content (AvgIpc) is 3.24. The molecule has 0 amide bonds. The van der Waals surface area contributed by atoms with Gasteiger partial charge >= 0.3 is 5.97 Å². The van der Waals surface area contributed by atoms with Crippen LogP contribution in [0.4, 0.5) is 5.69 Å². The van der Waals surface area contributed by atoms with Gasteiger partial charge in [-0.25, -0.2) is 9.48 Å². The number of aromatic carboxylic acids is 1. The minimum atomic E-state index is -1.27. The van der Waals surface area contributed by atoms with Gasteiger partial charge in [-0.05, 0) is 25.1 Å². The molecule has 0 aliphatic carbocycles. The molecule has 1 N–H and O–H groups in total. The number of non-ortho nitro benzene ring substituents is 1. The van der Waals surface area contributed by atoms with Gasteiger partial charge in [-0.15, -0.1) is 10.2 Å². The highest BCUT2D eigenvalue weighted by Crippen LogP contribution is 2.24. The third-order valence-electron chi connectivity index (χ3n) is 4.52. The summed E-state index contributed by atoms with van der Waals surface area (Å²) in [7, 11) is 0. The van der Waals surface area contributed by atoms with Crippen molar-refractivity contribution in [1.82, 2.24) is 20.0 Å². The van der Waals surface area contributed by atoms with E-state index < -0.39 is 22.5 Å². The molecule has 1 atom stereocenters. The number of benzene rings is 2. The topological polar surface area (TPSA) is 154 Å². The third-order valence-corrected chi connectivity index (χ3v) is 4.52. The maximum Gasteiger partial charge on any atom is 0.357 e. The number of hydrogen-bond donors (Lipinski definition) is 1. The molecule has 4 rings (SSSR count). The first-order valence-electron chi connectivity index (χ1n) is 8.70. The summed E-state index contributed by atoms with van der Waals surface area (Å²) in [6.07, 6.45) is 0. The predicted octanol–water partition coefficient (Wildman–Crippen LogP) is 2.66. The van der Waals surface area contributed by atoms with Crippen LogP contribution < -0.4 is 5.56 Å². The smallest absolute Gasteiger partial charge is 0.357 e. The van der Waals surface area contributed by atoms with Gasteiger partial charge in [0.2, 0.25) is 11.8 Å². The lowest BCUT2D eigenvalue weighted by Crippen LogP contribution is -2.29. The highest BCUT2D eigenvalue weighted by atomic mass is 16.6. The Balaban J connectivity index is 1.75. The Morgan fingerprint density at radius 1 is 1.13 bits per heavy atom. The molecule has 2 aromatic heterocycles. The van der Waals surface area contributed by atoms with Crippen LogP contribution in [0.3, 0.4) is 0 Å². The lowest BCUT2D eigenvalue weighted by atomic mass is 10.1. The Kier molecular flexibility index (Phi) is 4.54. The van der Waals surface area contributed by atoms with Crippen molar-refractivity contribution in [2.24, 2.45) is 0 Å². The van der Waals surface area contributed by atoms with Gasteiger partial charge < -0.3 is 9.52 Å². The lowest BCUT2D eigenvalue weighted by Gasteiger charge is -2.12. The van der Waals surface area contributed by atoms with E-state index in [-0.39, 0.29) is 33.9 Å². The first kappa shape index (κ1) is 18.9. The van der Waals surface area contributed by atoms with Gasteiger partial charge in [0.25, 0.3) is 11.2 Å². The molecule has 0 saturated heterocycles. The minimum Gasteiger partial charge on any atom is -0.476 e. The van der Waals surface area contributed by atoms with Crippen LogP contribution in [0, 0.1) is 10.1 Å². The Hall–Kier alpha value is -4.41. The molecular formula is C19H13N5O6. The molecule has 2 aromatic carbocycles. The minimum absolute atomic E-state index is 0.0320. The largest absolute Gasteiger partial charge is 0.476 e. The number of rotatable bonds is 5. The van der Waals surface area contributed by atoms with Crippen LogP contribution in [0.2, 0.25) is 0 Å². The summed E-state index contributed by atoms with van der Waals surface area (Å²) < 4.78 is 6.60. The van der Waals surface area contributed by atoms with Crippen molar-refractivity contribution in [3.63, 3.8) is 0 Å². The Labute approximate surface area is 167 Å². The maximum absolute atomic E-state index is 12.8. The second-order valence-corrected chi connectivity index (χ2v) is 6.37. The molecule has 0 aliphatic rings. The van der Waals surface area contributed by atoms with Crippen LogP contribution in [0.15, 0.2) is 57.7 Å². The van der Waals surface area contributed by atoms with E-state index in [1.54, 1.807) is 19.1 Å². The Morgan fingerprint density at radius 3 is 2.43 bits per heavy atom. The van der Waals surface area contributed by atoms with E-state index >= 15 is 0 Å². The number of nitrogens with zero attached hydrogens (tertiary/aromatic N) is 5. The van der Waals surface area contributed by atoms with Crippen LogP contribution in [0.1, 0.15) is 29.3 Å². The number of carboxylic acid groups (broad SMARTS) is 1. The van der Waals surface area contributed by atoms with Gasteiger partial charge in [0.15, 0.2) is 5.69 Å². The summed E-state index contributed by atoms with van der Waals surface area (Å²) >= 11 is 0. The van der Waals surface area contributed by atoms with Gasteiger partial charge in [-0.3, -0.25) is 14.9 Å². The number of nitro benzene ring substituents is 1. The first-order chi connectivity index (χ1) is 14.4. The van der Waals surface area contributed by atoms with Crippen LogP contribution in [-0.4, -0.2) is 36.0 Å². The van der Waals surface area contributed by atoms with E-state index in [0.717, 1.165) is 4.68 Å². The number of fused-ring (bicyclic) bond motifs is 1. The molecule has 0 fully saturated rings. The molecular weight excluding hydrogens is 394 g/mol. The number of carbonyl (C=O) groups is 1. The third kappa shape index (κ3) is 3.17. The molecule has 0 radical (unpaired) electrons. The summed E-state index contributed by atoms with van der Waals surface area (Å²) in [5.41, 5.74) is -0.401. The van der Waals surface area contributed by atoms with E-state index in [1.807, 2.05) is 0 Å². The Morgan fingerprint density at radius 2 is 1.80 bits per heavy atom. The van der Waals surface area contributed by atoms with E-state index in [9.17, 15) is 24.8 Å². The average molecular weight is 407 g/mol. The second-order valence-electron chi connectivity index (χ2n) is 6.37. The van der Waals surface area contributed by atoms with Gasteiger partial charge in [0.05, 0.1) is 10.3 Å². The molecule has 4 aromatic rings. The highest BCUT2D eigenvalue weighted by Gasteiger charge is 2.23. The number of aromatic nitrogens is 4. The number of hydrogen-bond acceptors (Lipinski definition) is 8. The van der Waals surface area contributed by atoms with Crippen molar-refractivity contribution in [1.29, 1.82) is 0 Å². The van der Waals surface area contributed by atoms with Crippen molar-refractivity contribution >= 4 is 22.4 Å². The molecule has 2 heterocycles. The summed E-state index contributed by atoms with van der Waals surface area (Å²) in [4.78, 5) is 34.7. The van der Waals surface area contributed by atoms with E-state index in [1.165, 1.54) is 36.4 Å². The standard InChI is InChI=1S/C19H13N5O6/c1-10(16-20-21-17(30-16)11-6-8-12(9-7-11)24(28)29)23-18(25)14-5-3-2-4-13(14)15(22-23)19(26)27/h2-10H,1H3,(H,26,27). The zero-order valence-corrected chi connectivity index (χ0v) is 15.4. The van der Waals surface area contributed by atoms with Crippen LogP contribution >= 0.6 is 0 Å². The molecule has 0 saturated carbocycles. The van der Waals surface area contributed by atoms with Crippen LogP contribution in [0.5, 0.6) is 0 Å². The quantitative estimate of drug-likeness (QED) is 0.388. The fraction of sp³-hybridized carbons (Fsp3) is 0.105. The fourth-order valence-corrected chi connectivity index (χ4v) is 2.98. The van der Waals surface area contributed by atoms with Crippen molar-refractivity contribution < 1.29 is 19.2 Å². The molecule has 0 bridgehead atoms. The number of nitro groups is 1. The van der Waals surface area contributed by atoms with E-state index in [0.29, 0.717) is 5.56 Å². The fourth-order valence-electron chi connectivity index (χ4n) is 2.98.